The molecule has 11 heteroatoms. The van der Waals surface area contributed by atoms with Gasteiger partial charge in [0.05, 0.1) is 23.9 Å². The number of hydrogen-bond acceptors (Lipinski definition) is 8. The third-order valence-electron chi connectivity index (χ3n) is 5.45. The number of piperidine rings is 1. The van der Waals surface area contributed by atoms with Crippen LogP contribution in [0.5, 0.6) is 5.88 Å². The molecule has 1 aliphatic heterocycles. The fourth-order valence-corrected chi connectivity index (χ4v) is 3.90. The van der Waals surface area contributed by atoms with E-state index in [9.17, 15) is 9.90 Å². The number of amides is 1. The Morgan fingerprint density at radius 1 is 1.39 bits per heavy atom. The van der Waals surface area contributed by atoms with Crippen LogP contribution in [0.4, 0.5) is 10.2 Å². The van der Waals surface area contributed by atoms with E-state index in [1.54, 1.807) is 28.7 Å². The first kappa shape index (κ1) is 22.9. The van der Waals surface area contributed by atoms with Crippen molar-refractivity contribution < 1.29 is 23.8 Å². The first-order valence-corrected chi connectivity index (χ1v) is 10.8. The lowest BCUT2D eigenvalue weighted by atomic mass is 10.1. The number of hydrogen-bond donors (Lipinski definition) is 2. The average molecular weight is 458 g/mol. The second kappa shape index (κ2) is 10.1. The van der Waals surface area contributed by atoms with Crippen molar-refractivity contribution >= 4 is 17.2 Å². The molecule has 0 spiro atoms. The van der Waals surface area contributed by atoms with Gasteiger partial charge in [0.2, 0.25) is 11.7 Å². The van der Waals surface area contributed by atoms with Crippen molar-refractivity contribution in [3.63, 3.8) is 0 Å². The Morgan fingerprint density at radius 3 is 3.03 bits per heavy atom. The lowest BCUT2D eigenvalue weighted by Crippen LogP contribution is -2.46. The first-order chi connectivity index (χ1) is 16.0. The van der Waals surface area contributed by atoms with Crippen LogP contribution < -0.4 is 10.1 Å². The number of methoxy groups -OCH3 is 1. The molecular weight excluding hydrogens is 431 g/mol. The highest BCUT2D eigenvalue weighted by Gasteiger charge is 2.26. The smallest absolute Gasteiger partial charge is 0.256 e. The normalized spacial score (nSPS) is 17.2. The first-order valence-electron chi connectivity index (χ1n) is 10.8. The highest BCUT2D eigenvalue weighted by atomic mass is 19.1. The Bertz CT molecular complexity index is 1120. The summed E-state index contributed by atoms with van der Waals surface area (Å²) in [7, 11) is 1.54. The molecule has 0 saturated carbocycles. The summed E-state index contributed by atoms with van der Waals surface area (Å²) in [6.45, 7) is 2.36. The van der Waals surface area contributed by atoms with E-state index in [1.165, 1.54) is 7.11 Å². The highest BCUT2D eigenvalue weighted by molar-refractivity contribution is 5.77. The van der Waals surface area contributed by atoms with Crippen LogP contribution in [0.2, 0.25) is 0 Å². The number of aromatic nitrogens is 4. The van der Waals surface area contributed by atoms with Crippen LogP contribution in [0.3, 0.4) is 0 Å². The molecule has 10 nitrogen and oxygen atoms in total. The van der Waals surface area contributed by atoms with Crippen LogP contribution in [0.25, 0.3) is 16.9 Å². The molecule has 4 heterocycles. The van der Waals surface area contributed by atoms with Gasteiger partial charge in [-0.25, -0.2) is 9.50 Å². The van der Waals surface area contributed by atoms with Crippen LogP contribution in [-0.2, 0) is 9.53 Å². The fourth-order valence-electron chi connectivity index (χ4n) is 3.90. The molecule has 2 atom stereocenters. The molecule has 1 aliphatic rings. The summed E-state index contributed by atoms with van der Waals surface area (Å²) < 4.78 is 27.9. The quantitative estimate of drug-likeness (QED) is 0.525. The Labute approximate surface area is 190 Å². The number of carbonyl (C=O) groups is 1. The summed E-state index contributed by atoms with van der Waals surface area (Å²) in [6.07, 6.45) is 4.44. The van der Waals surface area contributed by atoms with Crippen molar-refractivity contribution in [1.29, 1.82) is 0 Å². The molecule has 1 fully saturated rings. The van der Waals surface area contributed by atoms with Gasteiger partial charge in [-0.15, -0.1) is 0 Å². The van der Waals surface area contributed by atoms with E-state index in [1.807, 2.05) is 18.2 Å². The summed E-state index contributed by atoms with van der Waals surface area (Å²) in [5.41, 5.74) is 1.40. The third kappa shape index (κ3) is 5.04. The number of nitrogens with one attached hydrogen (secondary N) is 1. The van der Waals surface area contributed by atoms with Crippen LogP contribution in [0.1, 0.15) is 19.8 Å². The topological polar surface area (TPSA) is 114 Å². The second-order valence-corrected chi connectivity index (χ2v) is 7.97. The molecule has 176 valence electrons. The molecule has 1 saturated heterocycles. The van der Waals surface area contributed by atoms with E-state index in [2.05, 4.69) is 20.4 Å². The zero-order valence-electron chi connectivity index (χ0n) is 18.6. The molecule has 0 unspecified atom stereocenters. The standard InChI is InChI=1S/C22H27FN6O4/c1-14(13-32-2)33-22-19(23)21(25-15-6-5-8-28(11-15)18(31)12-30)26-20(27-22)16-10-24-29-9-4-3-7-17(16)29/h3-4,7,9-10,14-15,30H,5-6,8,11-13H2,1-2H3,(H,25,26,27)/t14-,15+/m0/s1. The van der Waals surface area contributed by atoms with Gasteiger partial charge in [-0.1, -0.05) is 6.07 Å². The largest absolute Gasteiger partial charge is 0.470 e. The Balaban J connectivity index is 1.69. The molecule has 0 radical (unpaired) electrons. The zero-order valence-corrected chi connectivity index (χ0v) is 18.6. The fraction of sp³-hybridized carbons (Fsp3) is 0.455. The minimum absolute atomic E-state index is 0.0156. The number of likely N-dealkylation sites (tertiary alicyclic amines) is 1. The van der Waals surface area contributed by atoms with Crippen LogP contribution in [0, 0.1) is 5.82 Å². The zero-order chi connectivity index (χ0) is 23.4. The lowest BCUT2D eigenvalue weighted by molar-refractivity contribution is -0.135. The number of pyridine rings is 1. The predicted octanol–water partition coefficient (Wildman–Crippen LogP) is 1.74. The van der Waals surface area contributed by atoms with E-state index >= 15 is 4.39 Å². The number of anilines is 1. The van der Waals surface area contributed by atoms with Gasteiger partial charge in [0, 0.05) is 32.4 Å². The molecule has 33 heavy (non-hydrogen) atoms. The Morgan fingerprint density at radius 2 is 2.24 bits per heavy atom. The molecule has 2 N–H and O–H groups in total. The van der Waals surface area contributed by atoms with Crippen molar-refractivity contribution in [2.45, 2.75) is 31.9 Å². The van der Waals surface area contributed by atoms with Crippen LogP contribution in [0.15, 0.2) is 30.6 Å². The summed E-state index contributed by atoms with van der Waals surface area (Å²) in [5.74, 6) is -1.02. The maximum absolute atomic E-state index is 15.4. The van der Waals surface area contributed by atoms with Crippen molar-refractivity contribution in [1.82, 2.24) is 24.5 Å². The van der Waals surface area contributed by atoms with Gasteiger partial charge in [0.15, 0.2) is 11.6 Å². The van der Waals surface area contributed by atoms with Gasteiger partial charge in [0.25, 0.3) is 5.88 Å². The third-order valence-corrected chi connectivity index (χ3v) is 5.45. The van der Waals surface area contributed by atoms with Gasteiger partial charge in [-0.05, 0) is 31.9 Å². The Kier molecular flexibility index (Phi) is 6.99. The predicted molar refractivity (Wildman–Crippen MR) is 118 cm³/mol. The number of nitrogens with zero attached hydrogens (tertiary/aromatic N) is 5. The van der Waals surface area contributed by atoms with Crippen molar-refractivity contribution in [3.05, 3.63) is 36.4 Å². The van der Waals surface area contributed by atoms with Crippen LogP contribution >= 0.6 is 0 Å². The van der Waals surface area contributed by atoms with Gasteiger partial charge < -0.3 is 24.8 Å². The number of aliphatic hydroxyl groups excluding tert-OH is 1. The number of aliphatic hydroxyl groups is 1. The molecule has 3 aromatic heterocycles. The van der Waals surface area contributed by atoms with Gasteiger partial charge in [-0.3, -0.25) is 4.79 Å². The number of ether oxygens (including phenoxy) is 2. The number of carbonyl (C=O) groups excluding carboxylic acids is 1. The molecule has 0 bridgehead atoms. The molecular formula is C22H27FN6O4. The van der Waals surface area contributed by atoms with E-state index in [-0.39, 0.29) is 36.1 Å². The maximum atomic E-state index is 15.4. The number of fused-ring (bicyclic) bond motifs is 1. The van der Waals surface area contributed by atoms with Crippen molar-refractivity contribution in [2.75, 3.05) is 38.7 Å². The highest BCUT2D eigenvalue weighted by Crippen LogP contribution is 2.30. The van der Waals surface area contributed by atoms with E-state index in [4.69, 9.17) is 9.47 Å². The van der Waals surface area contributed by atoms with E-state index in [0.717, 1.165) is 18.4 Å². The van der Waals surface area contributed by atoms with E-state index < -0.39 is 18.5 Å². The Hall–Kier alpha value is -3.31. The summed E-state index contributed by atoms with van der Waals surface area (Å²) in [4.78, 5) is 22.3. The minimum Gasteiger partial charge on any atom is -0.470 e. The molecule has 4 rings (SSSR count). The number of halogens is 1. The SMILES string of the molecule is COC[C@H](C)Oc1nc(-c2cnn3ccccc23)nc(N[C@@H]2CCCN(C(=O)CO)C2)c1F. The monoisotopic (exact) mass is 458 g/mol. The summed E-state index contributed by atoms with van der Waals surface area (Å²) in [5, 5.41) is 16.6. The van der Waals surface area contributed by atoms with Gasteiger partial charge in [-0.2, -0.15) is 14.5 Å². The molecule has 0 aliphatic carbocycles. The van der Waals surface area contributed by atoms with E-state index in [0.29, 0.717) is 18.7 Å². The van der Waals surface area contributed by atoms with Gasteiger partial charge >= 0.3 is 0 Å². The second-order valence-electron chi connectivity index (χ2n) is 7.97. The number of rotatable bonds is 8. The molecule has 1 amide bonds. The summed E-state index contributed by atoms with van der Waals surface area (Å²) >= 11 is 0. The van der Waals surface area contributed by atoms with Gasteiger partial charge in [0.1, 0.15) is 12.7 Å². The molecule has 3 aromatic rings. The van der Waals surface area contributed by atoms with Crippen molar-refractivity contribution in [2.24, 2.45) is 0 Å². The van der Waals surface area contributed by atoms with Crippen LogP contribution in [-0.4, -0.2) is 81.1 Å². The van der Waals surface area contributed by atoms with Crippen molar-refractivity contribution in [3.8, 4) is 17.3 Å². The minimum atomic E-state index is -0.719. The maximum Gasteiger partial charge on any atom is 0.256 e. The summed E-state index contributed by atoms with van der Waals surface area (Å²) in [6, 6.07) is 5.36. The molecule has 0 aromatic carbocycles. The lowest BCUT2D eigenvalue weighted by Gasteiger charge is -2.33. The average Bonchev–Trinajstić information content (AvgIpc) is 3.25.